The molecule has 0 aliphatic rings. The first-order valence-electron chi connectivity index (χ1n) is 8.94. The van der Waals surface area contributed by atoms with Crippen LogP contribution in [0.25, 0.3) is 0 Å². The number of hydrogen-bond donors (Lipinski definition) is 3. The Kier molecular flexibility index (Phi) is 9.98. The van der Waals surface area contributed by atoms with Crippen molar-refractivity contribution in [3.63, 3.8) is 0 Å². The molecule has 0 heterocycles. The molecule has 7 heteroatoms. The van der Waals surface area contributed by atoms with E-state index in [0.29, 0.717) is 12.2 Å². The first-order valence-corrected chi connectivity index (χ1v) is 8.94. The summed E-state index contributed by atoms with van der Waals surface area (Å²) in [6.45, 7) is 2.04. The van der Waals surface area contributed by atoms with E-state index in [-0.39, 0.29) is 12.0 Å². The molecule has 0 saturated carbocycles. The number of carboxylic acids is 2. The van der Waals surface area contributed by atoms with Gasteiger partial charge in [0.25, 0.3) is 0 Å². The van der Waals surface area contributed by atoms with E-state index in [9.17, 15) is 9.59 Å². The zero-order valence-corrected chi connectivity index (χ0v) is 16.7. The van der Waals surface area contributed by atoms with Crippen molar-refractivity contribution >= 4 is 11.9 Å². The van der Waals surface area contributed by atoms with Crippen LogP contribution >= 0.6 is 0 Å². The molecule has 0 aliphatic carbocycles. The highest BCUT2D eigenvalue weighted by Gasteiger charge is 2.16. The first kappa shape index (κ1) is 23.7. The van der Waals surface area contributed by atoms with Crippen molar-refractivity contribution in [1.29, 1.82) is 0 Å². The monoisotopic (exact) mass is 401 g/mol. The highest BCUT2D eigenvalue weighted by molar-refractivity contribution is 5.89. The van der Waals surface area contributed by atoms with Gasteiger partial charge in [0.2, 0.25) is 0 Å². The van der Waals surface area contributed by atoms with Gasteiger partial charge in [0.05, 0.1) is 14.2 Å². The van der Waals surface area contributed by atoms with Crippen molar-refractivity contribution < 1.29 is 29.3 Å². The summed E-state index contributed by atoms with van der Waals surface area (Å²) < 4.78 is 10.4. The van der Waals surface area contributed by atoms with Gasteiger partial charge in [-0.05, 0) is 48.7 Å². The van der Waals surface area contributed by atoms with Gasteiger partial charge < -0.3 is 25.4 Å². The molecule has 156 valence electrons. The molecule has 0 spiro atoms. The second-order valence-corrected chi connectivity index (χ2v) is 6.32. The minimum absolute atomic E-state index is 0.138. The van der Waals surface area contributed by atoms with E-state index in [1.165, 1.54) is 11.1 Å². The van der Waals surface area contributed by atoms with Crippen molar-refractivity contribution in [3.05, 3.63) is 71.8 Å². The molecule has 1 unspecified atom stereocenters. The zero-order chi connectivity index (χ0) is 21.8. The summed E-state index contributed by atoms with van der Waals surface area (Å²) >= 11 is 0. The van der Waals surface area contributed by atoms with Crippen LogP contribution < -0.4 is 15.2 Å². The molecule has 4 N–H and O–H groups in total. The third kappa shape index (κ3) is 8.94. The Morgan fingerprint density at radius 1 is 0.862 bits per heavy atom. The van der Waals surface area contributed by atoms with E-state index in [0.717, 1.165) is 17.9 Å². The third-order valence-corrected chi connectivity index (χ3v) is 4.01. The summed E-state index contributed by atoms with van der Waals surface area (Å²) in [6, 6.07) is 16.5. The van der Waals surface area contributed by atoms with Crippen molar-refractivity contribution in [2.45, 2.75) is 25.3 Å². The standard InChI is InChI=1S/C18H23NO2.C4H4O4/c1-13(19)12-18(14-4-8-16(20-2)9-5-14)15-6-10-17(21-3)11-7-15;5-3(6)1-2-4(7)8/h4-11,13,18H,12,19H2,1-3H3;1-2H,(H,5,6)(H,7,8)/b;2-1+. The summed E-state index contributed by atoms with van der Waals surface area (Å²) in [5.74, 6) is -0.498. The number of rotatable bonds is 8. The fraction of sp³-hybridized carbons (Fsp3) is 0.273. The lowest BCUT2D eigenvalue weighted by Gasteiger charge is -2.20. The highest BCUT2D eigenvalue weighted by Crippen LogP contribution is 2.31. The van der Waals surface area contributed by atoms with E-state index >= 15 is 0 Å². The van der Waals surface area contributed by atoms with Crippen LogP contribution in [0.4, 0.5) is 0 Å². The molecule has 2 aromatic carbocycles. The van der Waals surface area contributed by atoms with E-state index in [1.54, 1.807) is 14.2 Å². The van der Waals surface area contributed by atoms with E-state index in [4.69, 9.17) is 25.4 Å². The zero-order valence-electron chi connectivity index (χ0n) is 16.7. The Morgan fingerprint density at radius 2 is 1.21 bits per heavy atom. The van der Waals surface area contributed by atoms with E-state index in [1.807, 2.05) is 31.2 Å². The van der Waals surface area contributed by atoms with Gasteiger partial charge in [-0.15, -0.1) is 0 Å². The smallest absolute Gasteiger partial charge is 0.328 e. The van der Waals surface area contributed by atoms with Crippen molar-refractivity contribution in [3.8, 4) is 11.5 Å². The number of benzene rings is 2. The second-order valence-electron chi connectivity index (χ2n) is 6.32. The molecule has 0 aromatic heterocycles. The molecule has 0 amide bonds. The molecule has 0 fully saturated rings. The quantitative estimate of drug-likeness (QED) is 0.581. The Morgan fingerprint density at radius 3 is 1.45 bits per heavy atom. The van der Waals surface area contributed by atoms with Gasteiger partial charge >= 0.3 is 11.9 Å². The van der Waals surface area contributed by atoms with Crippen LogP contribution in [0.3, 0.4) is 0 Å². The van der Waals surface area contributed by atoms with Gasteiger partial charge in [-0.2, -0.15) is 0 Å². The Hall–Kier alpha value is -3.32. The summed E-state index contributed by atoms with van der Waals surface area (Å²) in [7, 11) is 3.36. The maximum atomic E-state index is 9.55. The number of ether oxygens (including phenoxy) is 2. The lowest BCUT2D eigenvalue weighted by atomic mass is 9.86. The number of carboxylic acid groups (broad SMARTS) is 2. The van der Waals surface area contributed by atoms with Crippen molar-refractivity contribution in [2.24, 2.45) is 5.73 Å². The largest absolute Gasteiger partial charge is 0.497 e. The maximum absolute atomic E-state index is 9.55. The second kappa shape index (κ2) is 12.2. The van der Waals surface area contributed by atoms with Crippen LogP contribution in [0.1, 0.15) is 30.4 Å². The lowest BCUT2D eigenvalue weighted by Crippen LogP contribution is -2.19. The number of methoxy groups -OCH3 is 2. The van der Waals surface area contributed by atoms with Crippen molar-refractivity contribution in [2.75, 3.05) is 14.2 Å². The molecule has 7 nitrogen and oxygen atoms in total. The Bertz CT molecular complexity index is 734. The van der Waals surface area contributed by atoms with Crippen LogP contribution in [0, 0.1) is 0 Å². The first-order chi connectivity index (χ1) is 13.8. The molecule has 0 saturated heterocycles. The predicted molar refractivity (Wildman–Crippen MR) is 111 cm³/mol. The molecule has 2 aromatic rings. The van der Waals surface area contributed by atoms with Gasteiger partial charge in [-0.1, -0.05) is 24.3 Å². The molecule has 0 bridgehead atoms. The fourth-order valence-corrected chi connectivity index (χ4v) is 2.65. The minimum atomic E-state index is -1.26. The number of nitrogens with two attached hydrogens (primary N) is 1. The lowest BCUT2D eigenvalue weighted by molar-refractivity contribution is -0.134. The van der Waals surface area contributed by atoms with Gasteiger partial charge in [-0.25, -0.2) is 9.59 Å². The third-order valence-electron chi connectivity index (χ3n) is 4.01. The summed E-state index contributed by atoms with van der Waals surface area (Å²) in [5, 5.41) is 15.6. The molecule has 29 heavy (non-hydrogen) atoms. The molecule has 0 radical (unpaired) electrons. The van der Waals surface area contributed by atoms with Gasteiger partial charge in [-0.3, -0.25) is 0 Å². The predicted octanol–water partition coefficient (Wildman–Crippen LogP) is 3.28. The Balaban J connectivity index is 0.000000447. The fourth-order valence-electron chi connectivity index (χ4n) is 2.65. The molecular formula is C22H27NO6. The summed E-state index contributed by atoms with van der Waals surface area (Å²) in [5.41, 5.74) is 8.53. The SMILES string of the molecule is COc1ccc(C(CC(C)N)c2ccc(OC)cc2)cc1.O=C(O)/C=C/C(=O)O. The van der Waals surface area contributed by atoms with Gasteiger partial charge in [0.15, 0.2) is 0 Å². The number of aliphatic carboxylic acids is 2. The van der Waals surface area contributed by atoms with Gasteiger partial charge in [0, 0.05) is 24.1 Å². The van der Waals surface area contributed by atoms with Crippen LogP contribution in [0.5, 0.6) is 11.5 Å². The molecule has 2 rings (SSSR count). The minimum Gasteiger partial charge on any atom is -0.497 e. The summed E-state index contributed by atoms with van der Waals surface area (Å²) in [4.78, 5) is 19.1. The van der Waals surface area contributed by atoms with Crippen molar-refractivity contribution in [1.82, 2.24) is 0 Å². The Labute approximate surface area is 170 Å². The van der Waals surface area contributed by atoms with Crippen LogP contribution in [0.15, 0.2) is 60.7 Å². The topological polar surface area (TPSA) is 119 Å². The van der Waals surface area contributed by atoms with Crippen LogP contribution in [0.2, 0.25) is 0 Å². The van der Waals surface area contributed by atoms with Crippen LogP contribution in [-0.2, 0) is 9.59 Å². The van der Waals surface area contributed by atoms with Gasteiger partial charge in [0.1, 0.15) is 11.5 Å². The number of carbonyl (C=O) groups is 2. The maximum Gasteiger partial charge on any atom is 0.328 e. The number of hydrogen-bond acceptors (Lipinski definition) is 5. The average molecular weight is 401 g/mol. The average Bonchev–Trinajstić information content (AvgIpc) is 2.71. The normalized spacial score (nSPS) is 11.5. The highest BCUT2D eigenvalue weighted by atomic mass is 16.5. The molecule has 0 aliphatic heterocycles. The van der Waals surface area contributed by atoms with E-state index < -0.39 is 11.9 Å². The van der Waals surface area contributed by atoms with Crippen LogP contribution in [-0.4, -0.2) is 42.4 Å². The van der Waals surface area contributed by atoms with E-state index in [2.05, 4.69) is 24.3 Å². The molecule has 1 atom stereocenters. The molecular weight excluding hydrogens is 374 g/mol. The summed E-state index contributed by atoms with van der Waals surface area (Å²) in [6.07, 6.45) is 2.02.